The van der Waals surface area contributed by atoms with Gasteiger partial charge in [0.05, 0.1) is 25.7 Å². The predicted molar refractivity (Wildman–Crippen MR) is 111 cm³/mol. The summed E-state index contributed by atoms with van der Waals surface area (Å²) in [4.78, 5) is 36.6. The molecular formula is C22H32N2O5. The molecule has 2 amide bonds. The Kier molecular flexibility index (Phi) is 10.7. The SMILES string of the molecule is CNC(=O)[C@@H](NC(=O)C(/C=C/C(=O)OC)CC(C)C)[C@@H](C)OCc1ccccc1. The average Bonchev–Trinajstić information content (AvgIpc) is 2.72. The fraction of sp³-hybridized carbons (Fsp3) is 0.500. The lowest BCUT2D eigenvalue weighted by Gasteiger charge is -2.26. The molecule has 0 radical (unpaired) electrons. The van der Waals surface area contributed by atoms with Crippen molar-refractivity contribution in [2.45, 2.75) is 45.9 Å². The molecule has 0 fully saturated rings. The first-order valence-electron chi connectivity index (χ1n) is 9.72. The molecule has 29 heavy (non-hydrogen) atoms. The minimum absolute atomic E-state index is 0.221. The van der Waals surface area contributed by atoms with Crippen molar-refractivity contribution in [2.75, 3.05) is 14.2 Å². The quantitative estimate of drug-likeness (QED) is 0.436. The Morgan fingerprint density at radius 3 is 2.28 bits per heavy atom. The monoisotopic (exact) mass is 404 g/mol. The summed E-state index contributed by atoms with van der Waals surface area (Å²) in [5.41, 5.74) is 0.972. The van der Waals surface area contributed by atoms with E-state index in [0.717, 1.165) is 5.56 Å². The Labute approximate surface area is 172 Å². The highest BCUT2D eigenvalue weighted by atomic mass is 16.5. The van der Waals surface area contributed by atoms with E-state index in [1.54, 1.807) is 6.92 Å². The number of nitrogens with one attached hydrogen (secondary N) is 2. The van der Waals surface area contributed by atoms with Crippen molar-refractivity contribution in [1.29, 1.82) is 0 Å². The summed E-state index contributed by atoms with van der Waals surface area (Å²) >= 11 is 0. The van der Waals surface area contributed by atoms with Crippen LogP contribution in [0.5, 0.6) is 0 Å². The second-order valence-electron chi connectivity index (χ2n) is 7.22. The molecule has 0 aliphatic rings. The number of amides is 2. The summed E-state index contributed by atoms with van der Waals surface area (Å²) < 4.78 is 10.4. The molecule has 0 aliphatic heterocycles. The molecular weight excluding hydrogens is 372 g/mol. The van der Waals surface area contributed by atoms with Gasteiger partial charge in [0, 0.05) is 13.1 Å². The van der Waals surface area contributed by atoms with Crippen molar-refractivity contribution in [3.8, 4) is 0 Å². The molecule has 0 saturated carbocycles. The van der Waals surface area contributed by atoms with Crippen LogP contribution in [0.15, 0.2) is 42.5 Å². The van der Waals surface area contributed by atoms with Gasteiger partial charge in [-0.3, -0.25) is 9.59 Å². The van der Waals surface area contributed by atoms with Crippen LogP contribution in [-0.4, -0.2) is 44.1 Å². The van der Waals surface area contributed by atoms with E-state index in [1.165, 1.54) is 26.3 Å². The van der Waals surface area contributed by atoms with Crippen molar-refractivity contribution in [1.82, 2.24) is 10.6 Å². The number of esters is 1. The molecule has 0 aliphatic carbocycles. The lowest BCUT2D eigenvalue weighted by Crippen LogP contribution is -2.53. The van der Waals surface area contributed by atoms with Gasteiger partial charge in [-0.2, -0.15) is 0 Å². The van der Waals surface area contributed by atoms with Gasteiger partial charge in [0.1, 0.15) is 6.04 Å². The number of benzene rings is 1. The molecule has 1 unspecified atom stereocenters. The van der Waals surface area contributed by atoms with Gasteiger partial charge in [0.25, 0.3) is 0 Å². The Morgan fingerprint density at radius 2 is 1.72 bits per heavy atom. The van der Waals surface area contributed by atoms with Gasteiger partial charge in [-0.25, -0.2) is 4.79 Å². The van der Waals surface area contributed by atoms with E-state index in [2.05, 4.69) is 15.4 Å². The Bertz CT molecular complexity index is 688. The number of carbonyl (C=O) groups is 3. The molecule has 0 saturated heterocycles. The number of hydrogen-bond acceptors (Lipinski definition) is 5. The minimum Gasteiger partial charge on any atom is -0.466 e. The van der Waals surface area contributed by atoms with Crippen molar-refractivity contribution in [3.05, 3.63) is 48.0 Å². The molecule has 0 heterocycles. The normalized spacial score (nSPS) is 14.3. The molecule has 7 nitrogen and oxygen atoms in total. The number of methoxy groups -OCH3 is 1. The number of rotatable bonds is 11. The zero-order chi connectivity index (χ0) is 21.8. The maximum atomic E-state index is 12.8. The van der Waals surface area contributed by atoms with E-state index in [0.29, 0.717) is 13.0 Å². The van der Waals surface area contributed by atoms with E-state index in [4.69, 9.17) is 4.74 Å². The van der Waals surface area contributed by atoms with Gasteiger partial charge in [-0.15, -0.1) is 0 Å². The highest BCUT2D eigenvalue weighted by molar-refractivity contribution is 5.90. The average molecular weight is 405 g/mol. The third kappa shape index (κ3) is 8.91. The largest absolute Gasteiger partial charge is 0.466 e. The van der Waals surface area contributed by atoms with Crippen LogP contribution in [0, 0.1) is 11.8 Å². The van der Waals surface area contributed by atoms with Crippen LogP contribution in [0.3, 0.4) is 0 Å². The van der Waals surface area contributed by atoms with E-state index in [1.807, 2.05) is 44.2 Å². The summed E-state index contributed by atoms with van der Waals surface area (Å²) in [6.45, 7) is 6.02. The smallest absolute Gasteiger partial charge is 0.330 e. The Morgan fingerprint density at radius 1 is 1.07 bits per heavy atom. The van der Waals surface area contributed by atoms with Crippen LogP contribution in [0.1, 0.15) is 32.8 Å². The van der Waals surface area contributed by atoms with Gasteiger partial charge in [-0.1, -0.05) is 50.3 Å². The zero-order valence-corrected chi connectivity index (χ0v) is 17.8. The van der Waals surface area contributed by atoms with Crippen molar-refractivity contribution in [3.63, 3.8) is 0 Å². The number of likely N-dealkylation sites (N-methyl/N-ethyl adjacent to an activating group) is 1. The molecule has 3 atom stereocenters. The lowest BCUT2D eigenvalue weighted by atomic mass is 9.95. The third-order valence-electron chi connectivity index (χ3n) is 4.38. The molecule has 1 rings (SSSR count). The lowest BCUT2D eigenvalue weighted by molar-refractivity contribution is -0.135. The topological polar surface area (TPSA) is 93.7 Å². The van der Waals surface area contributed by atoms with E-state index < -0.39 is 24.0 Å². The summed E-state index contributed by atoms with van der Waals surface area (Å²) in [7, 11) is 2.78. The molecule has 7 heteroatoms. The van der Waals surface area contributed by atoms with Crippen LogP contribution in [0.4, 0.5) is 0 Å². The first kappa shape index (κ1) is 24.4. The summed E-state index contributed by atoms with van der Waals surface area (Å²) in [6.07, 6.45) is 2.72. The molecule has 160 valence electrons. The van der Waals surface area contributed by atoms with Crippen molar-refractivity contribution < 1.29 is 23.9 Å². The molecule has 0 bridgehead atoms. The van der Waals surface area contributed by atoms with Gasteiger partial charge in [0.15, 0.2) is 0 Å². The van der Waals surface area contributed by atoms with Gasteiger partial charge in [0.2, 0.25) is 11.8 Å². The number of hydrogen-bond donors (Lipinski definition) is 2. The first-order chi connectivity index (χ1) is 13.8. The second-order valence-corrected chi connectivity index (χ2v) is 7.22. The van der Waals surface area contributed by atoms with Crippen LogP contribution in [-0.2, 0) is 30.5 Å². The summed E-state index contributed by atoms with van der Waals surface area (Å²) in [6, 6.07) is 8.72. The highest BCUT2D eigenvalue weighted by Gasteiger charge is 2.29. The highest BCUT2D eigenvalue weighted by Crippen LogP contribution is 2.15. The number of ether oxygens (including phenoxy) is 2. The van der Waals surface area contributed by atoms with Crippen LogP contribution >= 0.6 is 0 Å². The predicted octanol–water partition coefficient (Wildman–Crippen LogP) is 2.21. The Hall–Kier alpha value is -2.67. The maximum Gasteiger partial charge on any atom is 0.330 e. The zero-order valence-electron chi connectivity index (χ0n) is 17.8. The fourth-order valence-electron chi connectivity index (χ4n) is 2.75. The third-order valence-corrected chi connectivity index (χ3v) is 4.38. The molecule has 2 N–H and O–H groups in total. The van der Waals surface area contributed by atoms with Crippen LogP contribution in [0.2, 0.25) is 0 Å². The van der Waals surface area contributed by atoms with Gasteiger partial charge in [-0.05, 0) is 24.8 Å². The molecule has 0 aromatic heterocycles. The summed E-state index contributed by atoms with van der Waals surface area (Å²) in [5.74, 6) is -1.57. The molecule has 0 spiro atoms. The molecule has 1 aromatic rings. The molecule has 1 aromatic carbocycles. The van der Waals surface area contributed by atoms with E-state index in [9.17, 15) is 14.4 Å². The van der Waals surface area contributed by atoms with Crippen LogP contribution in [0.25, 0.3) is 0 Å². The summed E-state index contributed by atoms with van der Waals surface area (Å²) in [5, 5.41) is 5.33. The fourth-order valence-corrected chi connectivity index (χ4v) is 2.75. The van der Waals surface area contributed by atoms with E-state index in [-0.39, 0.29) is 17.7 Å². The van der Waals surface area contributed by atoms with Gasteiger partial charge >= 0.3 is 5.97 Å². The first-order valence-corrected chi connectivity index (χ1v) is 9.72. The minimum atomic E-state index is -0.864. The van der Waals surface area contributed by atoms with Crippen molar-refractivity contribution in [2.24, 2.45) is 11.8 Å². The second kappa shape index (κ2) is 12.7. The maximum absolute atomic E-state index is 12.8. The standard InChI is InChI=1S/C22H32N2O5/c1-15(2)13-18(11-12-19(25)28-5)21(26)24-20(22(27)23-4)16(3)29-14-17-9-7-6-8-10-17/h6-12,15-16,18,20H,13-14H2,1-5H3,(H,23,27)(H,24,26)/b12-11+/t16-,18?,20+/m1/s1. The van der Waals surface area contributed by atoms with Crippen molar-refractivity contribution >= 4 is 17.8 Å². The van der Waals surface area contributed by atoms with Gasteiger partial charge < -0.3 is 20.1 Å². The number of carbonyl (C=O) groups excluding carboxylic acids is 3. The van der Waals surface area contributed by atoms with E-state index >= 15 is 0 Å². The van der Waals surface area contributed by atoms with Crippen LogP contribution < -0.4 is 10.6 Å². The Balaban J connectivity index is 2.86.